The summed E-state index contributed by atoms with van der Waals surface area (Å²) in [5.74, 6) is 0.164. The number of amides is 1. The van der Waals surface area contributed by atoms with Crippen molar-refractivity contribution in [3.63, 3.8) is 0 Å². The van der Waals surface area contributed by atoms with Crippen molar-refractivity contribution in [1.29, 1.82) is 0 Å². The SMILES string of the molecule is O=C(Nc1cc(-c2ccsc2)no1)c1ccsc1. The van der Waals surface area contributed by atoms with Gasteiger partial charge in [-0.2, -0.15) is 22.7 Å². The molecule has 0 aliphatic carbocycles. The van der Waals surface area contributed by atoms with Crippen LogP contribution in [0.5, 0.6) is 0 Å². The molecule has 0 fully saturated rings. The molecule has 0 atom stereocenters. The van der Waals surface area contributed by atoms with Crippen LogP contribution in [-0.4, -0.2) is 11.1 Å². The van der Waals surface area contributed by atoms with Gasteiger partial charge < -0.3 is 4.52 Å². The van der Waals surface area contributed by atoms with Gasteiger partial charge in [0.15, 0.2) is 0 Å². The second-order valence-electron chi connectivity index (χ2n) is 3.55. The number of carbonyl (C=O) groups is 1. The fourth-order valence-corrected chi connectivity index (χ4v) is 2.74. The summed E-state index contributed by atoms with van der Waals surface area (Å²) < 4.78 is 5.08. The maximum Gasteiger partial charge on any atom is 0.258 e. The Balaban J connectivity index is 1.76. The first-order valence-corrected chi connectivity index (χ1v) is 7.04. The molecule has 90 valence electrons. The van der Waals surface area contributed by atoms with Crippen LogP contribution in [0.1, 0.15) is 10.4 Å². The summed E-state index contributed by atoms with van der Waals surface area (Å²) in [5.41, 5.74) is 2.32. The van der Waals surface area contributed by atoms with Gasteiger partial charge in [-0.05, 0) is 22.9 Å². The minimum atomic E-state index is -0.190. The molecular weight excluding hydrogens is 268 g/mol. The van der Waals surface area contributed by atoms with Crippen molar-refractivity contribution in [3.8, 4) is 11.3 Å². The Morgan fingerprint density at radius 2 is 2.06 bits per heavy atom. The molecule has 0 bridgehead atoms. The summed E-state index contributed by atoms with van der Waals surface area (Å²) >= 11 is 3.06. The predicted octanol–water partition coefficient (Wildman–Crippen LogP) is 3.72. The molecule has 1 N–H and O–H groups in total. The zero-order valence-corrected chi connectivity index (χ0v) is 10.8. The number of hydrogen-bond acceptors (Lipinski definition) is 5. The molecule has 3 aromatic rings. The Hall–Kier alpha value is -1.92. The average Bonchev–Trinajstić information content (AvgIpc) is 3.12. The van der Waals surface area contributed by atoms with E-state index in [0.717, 1.165) is 11.3 Å². The van der Waals surface area contributed by atoms with E-state index in [9.17, 15) is 4.79 Å². The first-order chi connectivity index (χ1) is 8.83. The minimum Gasteiger partial charge on any atom is -0.338 e. The molecule has 0 aliphatic heterocycles. The van der Waals surface area contributed by atoms with Crippen molar-refractivity contribution >= 4 is 34.5 Å². The normalized spacial score (nSPS) is 10.4. The summed E-state index contributed by atoms with van der Waals surface area (Å²) in [5, 5.41) is 14.2. The highest BCUT2D eigenvalue weighted by Crippen LogP contribution is 2.24. The lowest BCUT2D eigenvalue weighted by atomic mass is 10.2. The van der Waals surface area contributed by atoms with Gasteiger partial charge in [0.05, 0.1) is 5.56 Å². The number of carbonyl (C=O) groups excluding carboxylic acids is 1. The Morgan fingerprint density at radius 3 is 2.78 bits per heavy atom. The fraction of sp³-hybridized carbons (Fsp3) is 0. The maximum absolute atomic E-state index is 11.8. The topological polar surface area (TPSA) is 55.1 Å². The lowest BCUT2D eigenvalue weighted by Gasteiger charge is -1.96. The first kappa shape index (κ1) is 11.2. The lowest BCUT2D eigenvalue weighted by molar-refractivity contribution is 0.102. The third-order valence-corrected chi connectivity index (χ3v) is 3.71. The van der Waals surface area contributed by atoms with Crippen LogP contribution in [0.15, 0.2) is 44.2 Å². The largest absolute Gasteiger partial charge is 0.338 e. The van der Waals surface area contributed by atoms with Crippen LogP contribution in [0.4, 0.5) is 5.88 Å². The van der Waals surface area contributed by atoms with E-state index in [1.807, 2.05) is 22.2 Å². The summed E-state index contributed by atoms with van der Waals surface area (Å²) in [6, 6.07) is 5.43. The Bertz CT molecular complexity index is 641. The smallest absolute Gasteiger partial charge is 0.258 e. The third kappa shape index (κ3) is 2.20. The van der Waals surface area contributed by atoms with Gasteiger partial charge in [-0.15, -0.1) is 0 Å². The quantitative estimate of drug-likeness (QED) is 0.793. The molecule has 0 spiro atoms. The van der Waals surface area contributed by atoms with E-state index in [1.165, 1.54) is 11.3 Å². The number of nitrogens with one attached hydrogen (secondary N) is 1. The van der Waals surface area contributed by atoms with Crippen LogP contribution in [0.25, 0.3) is 11.3 Å². The Morgan fingerprint density at radius 1 is 1.22 bits per heavy atom. The van der Waals surface area contributed by atoms with Crippen LogP contribution in [0, 0.1) is 0 Å². The van der Waals surface area contributed by atoms with Gasteiger partial charge in [-0.25, -0.2) is 0 Å². The summed E-state index contributed by atoms with van der Waals surface area (Å²) in [7, 11) is 0. The molecule has 0 radical (unpaired) electrons. The molecule has 0 unspecified atom stereocenters. The molecule has 1 amide bonds. The van der Waals surface area contributed by atoms with Gasteiger partial charge in [0, 0.05) is 22.4 Å². The van der Waals surface area contributed by atoms with E-state index in [0.29, 0.717) is 11.4 Å². The van der Waals surface area contributed by atoms with E-state index < -0.39 is 0 Å². The van der Waals surface area contributed by atoms with Gasteiger partial charge in [0.25, 0.3) is 5.91 Å². The highest BCUT2D eigenvalue weighted by atomic mass is 32.1. The molecule has 3 rings (SSSR count). The van der Waals surface area contributed by atoms with Gasteiger partial charge in [-0.3, -0.25) is 10.1 Å². The van der Waals surface area contributed by atoms with Crippen molar-refractivity contribution in [1.82, 2.24) is 5.16 Å². The van der Waals surface area contributed by atoms with Gasteiger partial charge in [0.2, 0.25) is 5.88 Å². The standard InChI is InChI=1S/C12H8N2O2S2/c15-12(9-2-4-18-7-9)13-11-5-10(14-16-11)8-1-3-17-6-8/h1-7H,(H,13,15). The molecule has 6 heteroatoms. The first-order valence-electron chi connectivity index (χ1n) is 5.16. The number of rotatable bonds is 3. The van der Waals surface area contributed by atoms with Crippen molar-refractivity contribution in [3.05, 3.63) is 45.3 Å². The molecule has 0 aliphatic rings. The number of nitrogens with zero attached hydrogens (tertiary/aromatic N) is 1. The molecule has 4 nitrogen and oxygen atoms in total. The van der Waals surface area contributed by atoms with Crippen LogP contribution < -0.4 is 5.32 Å². The van der Waals surface area contributed by atoms with Crippen molar-refractivity contribution in [2.75, 3.05) is 5.32 Å². The highest BCUT2D eigenvalue weighted by Gasteiger charge is 2.11. The van der Waals surface area contributed by atoms with E-state index in [-0.39, 0.29) is 5.91 Å². The van der Waals surface area contributed by atoms with Crippen LogP contribution >= 0.6 is 22.7 Å². The molecule has 0 saturated heterocycles. The number of aromatic nitrogens is 1. The van der Waals surface area contributed by atoms with E-state index in [4.69, 9.17) is 4.52 Å². The van der Waals surface area contributed by atoms with E-state index in [2.05, 4.69) is 10.5 Å². The molecule has 0 aromatic carbocycles. The highest BCUT2D eigenvalue weighted by molar-refractivity contribution is 7.08. The molecular formula is C12H8N2O2S2. The zero-order valence-electron chi connectivity index (χ0n) is 9.12. The number of anilines is 1. The van der Waals surface area contributed by atoms with Gasteiger partial charge in [0.1, 0.15) is 5.69 Å². The van der Waals surface area contributed by atoms with Crippen molar-refractivity contribution in [2.24, 2.45) is 0 Å². The fourth-order valence-electron chi connectivity index (χ4n) is 1.46. The Kier molecular flexibility index (Phi) is 2.95. The predicted molar refractivity (Wildman–Crippen MR) is 72.1 cm³/mol. The van der Waals surface area contributed by atoms with E-state index in [1.54, 1.807) is 28.8 Å². The monoisotopic (exact) mass is 276 g/mol. The van der Waals surface area contributed by atoms with Crippen LogP contribution in [0.2, 0.25) is 0 Å². The van der Waals surface area contributed by atoms with E-state index >= 15 is 0 Å². The molecule has 0 saturated carbocycles. The summed E-state index contributed by atoms with van der Waals surface area (Å²) in [4.78, 5) is 11.8. The second-order valence-corrected chi connectivity index (χ2v) is 5.11. The molecule has 3 aromatic heterocycles. The minimum absolute atomic E-state index is 0.190. The summed E-state index contributed by atoms with van der Waals surface area (Å²) in [6.45, 7) is 0. The zero-order chi connectivity index (χ0) is 12.4. The Labute approximate surface area is 111 Å². The molecule has 18 heavy (non-hydrogen) atoms. The van der Waals surface area contributed by atoms with Gasteiger partial charge >= 0.3 is 0 Å². The lowest BCUT2D eigenvalue weighted by Crippen LogP contribution is -2.09. The van der Waals surface area contributed by atoms with Crippen molar-refractivity contribution in [2.45, 2.75) is 0 Å². The summed E-state index contributed by atoms with van der Waals surface area (Å²) in [6.07, 6.45) is 0. The average molecular weight is 276 g/mol. The molecule has 3 heterocycles. The third-order valence-electron chi connectivity index (χ3n) is 2.35. The van der Waals surface area contributed by atoms with Crippen LogP contribution in [0.3, 0.4) is 0 Å². The van der Waals surface area contributed by atoms with Crippen molar-refractivity contribution < 1.29 is 9.32 Å². The second kappa shape index (κ2) is 4.75. The van der Waals surface area contributed by atoms with Gasteiger partial charge in [-0.1, -0.05) is 5.16 Å². The maximum atomic E-state index is 11.8. The number of thiophene rings is 2. The van der Waals surface area contributed by atoms with Crippen LogP contribution in [-0.2, 0) is 0 Å². The number of hydrogen-bond donors (Lipinski definition) is 1.